The van der Waals surface area contributed by atoms with E-state index in [9.17, 15) is 21.6 Å². The van der Waals surface area contributed by atoms with Crippen LogP contribution in [0.15, 0.2) is 54.6 Å². The van der Waals surface area contributed by atoms with Gasteiger partial charge in [0, 0.05) is 0 Å². The summed E-state index contributed by atoms with van der Waals surface area (Å²) in [5.41, 5.74) is 0.276. The molecule has 6 nitrogen and oxygen atoms in total. The van der Waals surface area contributed by atoms with Gasteiger partial charge in [0.2, 0.25) is 10.0 Å². The van der Waals surface area contributed by atoms with Crippen LogP contribution in [0.4, 0.5) is 18.9 Å². The summed E-state index contributed by atoms with van der Waals surface area (Å²) in [6.45, 7) is 3.20. The van der Waals surface area contributed by atoms with Gasteiger partial charge in [0.15, 0.2) is 0 Å². The Hall–Kier alpha value is -3.14. The van der Waals surface area contributed by atoms with Crippen LogP contribution in [-0.4, -0.2) is 18.4 Å². The Labute approximate surface area is 171 Å². The van der Waals surface area contributed by atoms with Crippen molar-refractivity contribution in [2.45, 2.75) is 25.8 Å². The van der Waals surface area contributed by atoms with Crippen LogP contribution in [0.1, 0.15) is 22.5 Å². The van der Waals surface area contributed by atoms with E-state index in [2.05, 4.69) is 14.7 Å². The number of nitrogens with one attached hydrogen (secondary N) is 1. The van der Waals surface area contributed by atoms with Crippen LogP contribution in [0.5, 0.6) is 11.8 Å². The lowest BCUT2D eigenvalue weighted by atomic mass is 10.1. The largest absolute Gasteiger partial charge is 0.424 e. The lowest BCUT2D eigenvalue weighted by Gasteiger charge is -2.14. The normalized spacial score (nSPS) is 11.9. The Morgan fingerprint density at radius 2 is 1.50 bits per heavy atom. The zero-order valence-corrected chi connectivity index (χ0v) is 16.9. The molecule has 0 radical (unpaired) electrons. The number of nitrogens with zero attached hydrogens (tertiary/aromatic N) is 2. The van der Waals surface area contributed by atoms with Crippen LogP contribution in [0.25, 0.3) is 0 Å². The molecule has 0 fully saturated rings. The zero-order valence-electron chi connectivity index (χ0n) is 16.1. The number of alkyl halides is 3. The van der Waals surface area contributed by atoms with E-state index in [1.807, 2.05) is 6.07 Å². The quantitative estimate of drug-likeness (QED) is 0.597. The molecule has 0 saturated heterocycles. The van der Waals surface area contributed by atoms with E-state index >= 15 is 0 Å². The van der Waals surface area contributed by atoms with E-state index < -0.39 is 27.5 Å². The van der Waals surface area contributed by atoms with Crippen molar-refractivity contribution in [1.29, 1.82) is 0 Å². The second-order valence-corrected chi connectivity index (χ2v) is 8.25. The van der Waals surface area contributed by atoms with E-state index in [-0.39, 0.29) is 17.3 Å². The monoisotopic (exact) mass is 437 g/mol. The summed E-state index contributed by atoms with van der Waals surface area (Å²) in [5, 5.41) is 0. The fraction of sp³-hybridized carbons (Fsp3) is 0.200. The van der Waals surface area contributed by atoms with Crippen LogP contribution >= 0.6 is 0 Å². The molecule has 0 aliphatic rings. The lowest BCUT2D eigenvalue weighted by Crippen LogP contribution is -2.18. The molecule has 1 aromatic heterocycles. The van der Waals surface area contributed by atoms with E-state index in [1.165, 1.54) is 0 Å². The molecule has 0 bridgehead atoms. The van der Waals surface area contributed by atoms with Gasteiger partial charge in [-0.1, -0.05) is 30.3 Å². The number of aromatic nitrogens is 2. The number of hydrogen-bond acceptors (Lipinski definition) is 5. The molecule has 2 aromatic carbocycles. The van der Waals surface area contributed by atoms with Gasteiger partial charge >= 0.3 is 12.2 Å². The molecule has 10 heteroatoms. The molecule has 1 heterocycles. The average molecular weight is 437 g/mol. The number of hydrogen-bond donors (Lipinski definition) is 1. The third kappa shape index (κ3) is 5.47. The summed E-state index contributed by atoms with van der Waals surface area (Å²) in [5.74, 6) is 0.0404. The first-order chi connectivity index (χ1) is 14.0. The van der Waals surface area contributed by atoms with Gasteiger partial charge in [0.25, 0.3) is 0 Å². The molecule has 3 rings (SSSR count). The summed E-state index contributed by atoms with van der Waals surface area (Å²) in [6, 6.07) is 12.9. The Morgan fingerprint density at radius 3 is 2.03 bits per heavy atom. The van der Waals surface area contributed by atoms with E-state index in [4.69, 9.17) is 4.74 Å². The van der Waals surface area contributed by atoms with Gasteiger partial charge in [-0.15, -0.1) is 0 Å². The van der Waals surface area contributed by atoms with Crippen LogP contribution < -0.4 is 9.46 Å². The molecule has 0 atom stereocenters. The third-order valence-corrected chi connectivity index (χ3v) is 5.33. The molecule has 0 aliphatic carbocycles. The number of halogens is 3. The molecular formula is C20H18F3N3O3S. The average Bonchev–Trinajstić information content (AvgIpc) is 2.65. The van der Waals surface area contributed by atoms with E-state index in [0.717, 1.165) is 24.3 Å². The maximum Gasteiger partial charge on any atom is 0.416 e. The van der Waals surface area contributed by atoms with Crippen molar-refractivity contribution in [1.82, 2.24) is 9.97 Å². The highest BCUT2D eigenvalue weighted by Crippen LogP contribution is 2.29. The van der Waals surface area contributed by atoms with E-state index in [1.54, 1.807) is 38.1 Å². The number of rotatable bonds is 6. The topological polar surface area (TPSA) is 81.2 Å². The first-order valence-electron chi connectivity index (χ1n) is 8.78. The van der Waals surface area contributed by atoms with Crippen molar-refractivity contribution in [2.24, 2.45) is 0 Å². The predicted molar refractivity (Wildman–Crippen MR) is 106 cm³/mol. The minimum atomic E-state index is -4.48. The third-order valence-electron chi connectivity index (χ3n) is 4.10. The fourth-order valence-corrected chi connectivity index (χ4v) is 3.98. The van der Waals surface area contributed by atoms with Crippen LogP contribution in [0, 0.1) is 13.8 Å². The predicted octanol–water partition coefficient (Wildman–Crippen LogP) is 4.85. The maximum atomic E-state index is 12.6. The van der Waals surface area contributed by atoms with Gasteiger partial charge in [-0.25, -0.2) is 8.42 Å². The van der Waals surface area contributed by atoms with Gasteiger partial charge in [0.1, 0.15) is 5.75 Å². The first kappa shape index (κ1) is 21.6. The standard InChI is InChI=1S/C20H18F3N3O3S/c1-13-18(14(2)25-19(24-13)29-17-6-4-3-5-7-17)26-30(27,28)12-15-8-10-16(11-9-15)20(21,22)23/h3-11,26H,12H2,1-2H3. The highest BCUT2D eigenvalue weighted by molar-refractivity contribution is 7.91. The molecule has 3 aromatic rings. The second-order valence-electron chi connectivity index (χ2n) is 6.52. The maximum absolute atomic E-state index is 12.6. The molecule has 0 spiro atoms. The number of aryl methyl sites for hydroxylation is 2. The minimum Gasteiger partial charge on any atom is -0.424 e. The van der Waals surface area contributed by atoms with Gasteiger partial charge in [-0.2, -0.15) is 23.1 Å². The highest BCUT2D eigenvalue weighted by Gasteiger charge is 2.30. The van der Waals surface area contributed by atoms with Crippen LogP contribution in [0.2, 0.25) is 0 Å². The lowest BCUT2D eigenvalue weighted by molar-refractivity contribution is -0.137. The smallest absolute Gasteiger partial charge is 0.416 e. The molecule has 1 N–H and O–H groups in total. The van der Waals surface area contributed by atoms with Crippen molar-refractivity contribution in [3.63, 3.8) is 0 Å². The number of ether oxygens (including phenoxy) is 1. The molecule has 30 heavy (non-hydrogen) atoms. The Bertz CT molecular complexity index is 1110. The highest BCUT2D eigenvalue weighted by atomic mass is 32.2. The molecule has 158 valence electrons. The van der Waals surface area contributed by atoms with Crippen molar-refractivity contribution in [3.05, 3.63) is 77.1 Å². The molecule has 0 saturated carbocycles. The SMILES string of the molecule is Cc1nc(Oc2ccccc2)nc(C)c1NS(=O)(=O)Cc1ccc(C(F)(F)F)cc1. The number of anilines is 1. The number of sulfonamides is 1. The van der Waals surface area contributed by atoms with Gasteiger partial charge in [0.05, 0.1) is 28.4 Å². The number of para-hydroxylation sites is 1. The fourth-order valence-electron chi connectivity index (χ4n) is 2.67. The molecule has 0 aliphatic heterocycles. The summed E-state index contributed by atoms with van der Waals surface area (Å²) in [6.07, 6.45) is -4.48. The van der Waals surface area contributed by atoms with Gasteiger partial charge in [-0.05, 0) is 43.7 Å². The van der Waals surface area contributed by atoms with Crippen molar-refractivity contribution < 1.29 is 26.3 Å². The summed E-state index contributed by atoms with van der Waals surface area (Å²) in [4.78, 5) is 8.35. The van der Waals surface area contributed by atoms with Gasteiger partial charge < -0.3 is 4.74 Å². The van der Waals surface area contributed by atoms with Crippen molar-refractivity contribution in [2.75, 3.05) is 4.72 Å². The van der Waals surface area contributed by atoms with Crippen LogP contribution in [-0.2, 0) is 22.0 Å². The van der Waals surface area contributed by atoms with Crippen LogP contribution in [0.3, 0.4) is 0 Å². The number of benzene rings is 2. The Kier molecular flexibility index (Phi) is 5.97. The molecule has 0 unspecified atom stereocenters. The zero-order chi connectivity index (χ0) is 21.9. The summed E-state index contributed by atoms with van der Waals surface area (Å²) < 4.78 is 70.9. The minimum absolute atomic E-state index is 0.0712. The Morgan fingerprint density at radius 1 is 0.933 bits per heavy atom. The molecular weight excluding hydrogens is 419 g/mol. The Balaban J connectivity index is 1.76. The van der Waals surface area contributed by atoms with Crippen molar-refractivity contribution in [3.8, 4) is 11.8 Å². The van der Waals surface area contributed by atoms with E-state index in [0.29, 0.717) is 17.1 Å². The summed E-state index contributed by atoms with van der Waals surface area (Å²) >= 11 is 0. The summed E-state index contributed by atoms with van der Waals surface area (Å²) in [7, 11) is -3.90. The first-order valence-corrected chi connectivity index (χ1v) is 10.4. The van der Waals surface area contributed by atoms with Gasteiger partial charge in [-0.3, -0.25) is 4.72 Å². The molecule has 0 amide bonds. The van der Waals surface area contributed by atoms with Crippen molar-refractivity contribution >= 4 is 15.7 Å². The second kappa shape index (κ2) is 8.31.